The molecule has 0 saturated heterocycles. The van der Waals surface area contributed by atoms with Crippen molar-refractivity contribution in [3.63, 3.8) is 0 Å². The third-order valence-electron chi connectivity index (χ3n) is 11.3. The highest BCUT2D eigenvalue weighted by molar-refractivity contribution is 7.04. The lowest BCUT2D eigenvalue weighted by Crippen LogP contribution is -2.49. The molecule has 11 rings (SSSR count). The highest BCUT2D eigenvalue weighted by Crippen LogP contribution is 2.43. The van der Waals surface area contributed by atoms with E-state index >= 15 is 0 Å². The Hall–Kier alpha value is -6.36. The van der Waals surface area contributed by atoms with Gasteiger partial charge in [-0.2, -0.15) is 0 Å². The Bertz CT molecular complexity index is 3060. The number of furan rings is 2. The average Bonchev–Trinajstić information content (AvgIpc) is 3.82. The van der Waals surface area contributed by atoms with Gasteiger partial charge in [-0.15, -0.1) is 0 Å². The number of rotatable bonds is 4. The summed E-state index contributed by atoms with van der Waals surface area (Å²) in [5, 5.41) is 9.96. The van der Waals surface area contributed by atoms with E-state index in [0.29, 0.717) is 0 Å². The third-order valence-corrected chi connectivity index (χ3v) is 14.8. The van der Waals surface area contributed by atoms with Gasteiger partial charge in [0, 0.05) is 44.2 Å². The van der Waals surface area contributed by atoms with E-state index in [1.807, 2.05) is 12.1 Å². The van der Waals surface area contributed by atoms with Crippen LogP contribution in [0.2, 0.25) is 13.1 Å². The van der Waals surface area contributed by atoms with Crippen molar-refractivity contribution in [2.24, 2.45) is 0 Å². The molecule has 1 aliphatic heterocycles. The fraction of sp³-hybridized carbons (Fsp3) is 0.0417. The Kier molecular flexibility index (Phi) is 6.11. The summed E-state index contributed by atoms with van der Waals surface area (Å²) in [6.45, 7) is 4.95. The number of benzene rings is 8. The molecule has 1 aliphatic rings. The Morgan fingerprint density at radius 1 is 0.423 bits per heavy atom. The van der Waals surface area contributed by atoms with Crippen LogP contribution in [0.5, 0.6) is 0 Å². The fourth-order valence-electron chi connectivity index (χ4n) is 8.60. The molecule has 0 N–H and O–H groups in total. The molecule has 0 unspecified atom stereocenters. The van der Waals surface area contributed by atoms with Crippen LogP contribution in [0.15, 0.2) is 173 Å². The lowest BCUT2D eigenvalue weighted by molar-refractivity contribution is 0.669. The topological polar surface area (TPSA) is 29.5 Å². The molecule has 8 aromatic carbocycles. The highest BCUT2D eigenvalue weighted by Gasteiger charge is 2.40. The minimum atomic E-state index is -2.07. The second-order valence-electron chi connectivity index (χ2n) is 14.5. The summed E-state index contributed by atoms with van der Waals surface area (Å²) in [5.74, 6) is 0. The number of nitrogens with zero attached hydrogens (tertiary/aromatic N) is 1. The summed E-state index contributed by atoms with van der Waals surface area (Å²) in [6, 6.07) is 59.2. The maximum Gasteiger partial charge on any atom is 0.143 e. The van der Waals surface area contributed by atoms with Crippen LogP contribution in [-0.4, -0.2) is 8.07 Å². The summed E-state index contributed by atoms with van der Waals surface area (Å²) >= 11 is 0. The summed E-state index contributed by atoms with van der Waals surface area (Å²) in [7, 11) is -2.07. The first-order chi connectivity index (χ1) is 25.5. The zero-order chi connectivity index (χ0) is 34.6. The molecule has 246 valence electrons. The maximum atomic E-state index is 6.60. The molecule has 3 heterocycles. The summed E-state index contributed by atoms with van der Waals surface area (Å²) in [5.41, 5.74) is 12.0. The Labute approximate surface area is 302 Å². The van der Waals surface area contributed by atoms with Gasteiger partial charge in [-0.05, 0) is 98.5 Å². The van der Waals surface area contributed by atoms with Crippen LogP contribution in [0.25, 0.3) is 76.9 Å². The van der Waals surface area contributed by atoms with Crippen molar-refractivity contribution in [1.29, 1.82) is 0 Å². The molecule has 0 bridgehead atoms. The summed E-state index contributed by atoms with van der Waals surface area (Å²) < 4.78 is 12.9. The van der Waals surface area contributed by atoms with E-state index in [1.165, 1.54) is 54.2 Å². The molecule has 2 aromatic heterocycles. The van der Waals surface area contributed by atoms with Crippen LogP contribution in [0.4, 0.5) is 17.1 Å². The molecule has 0 atom stereocenters. The lowest BCUT2D eigenvalue weighted by atomic mass is 10.0. The molecule has 0 radical (unpaired) electrons. The molecular weight excluding hydrogens is 651 g/mol. The smallest absolute Gasteiger partial charge is 0.143 e. The standard InChI is InChI=1S/C48H33NO2Si/c1-52(2)45-26-24-39-37-11-5-8-14-43(37)51-48(39)47(45)40-23-21-36(29-46(40)52)49(35-22-25-44-41(28-35)38-12-6-7-13-42(38)50-44)34-19-17-31(18-20-34)33-16-15-30-9-3-4-10-32(30)27-33/h3-29H,1-2H3. The molecular formula is C48H33NO2Si. The van der Waals surface area contributed by atoms with Crippen molar-refractivity contribution < 1.29 is 8.83 Å². The van der Waals surface area contributed by atoms with Gasteiger partial charge < -0.3 is 13.7 Å². The zero-order valence-electron chi connectivity index (χ0n) is 28.9. The Balaban J connectivity index is 1.09. The van der Waals surface area contributed by atoms with Gasteiger partial charge >= 0.3 is 0 Å². The van der Waals surface area contributed by atoms with Crippen molar-refractivity contribution in [2.45, 2.75) is 13.1 Å². The fourth-order valence-corrected chi connectivity index (χ4v) is 11.7. The lowest BCUT2D eigenvalue weighted by Gasteiger charge is -2.28. The normalized spacial score (nSPS) is 13.3. The second kappa shape index (κ2) is 10.8. The summed E-state index contributed by atoms with van der Waals surface area (Å²) in [4.78, 5) is 2.40. The minimum Gasteiger partial charge on any atom is -0.456 e. The van der Waals surface area contributed by atoms with Crippen LogP contribution < -0.4 is 15.3 Å². The predicted octanol–water partition coefficient (Wildman–Crippen LogP) is 12.6. The van der Waals surface area contributed by atoms with Gasteiger partial charge in [0.2, 0.25) is 0 Å². The number of para-hydroxylation sites is 2. The van der Waals surface area contributed by atoms with E-state index in [0.717, 1.165) is 50.2 Å². The van der Waals surface area contributed by atoms with Crippen LogP contribution in [0, 0.1) is 0 Å². The minimum absolute atomic E-state index is 0.893. The van der Waals surface area contributed by atoms with Crippen molar-refractivity contribution in [2.75, 3.05) is 4.90 Å². The summed E-state index contributed by atoms with van der Waals surface area (Å²) in [6.07, 6.45) is 0. The van der Waals surface area contributed by atoms with E-state index in [2.05, 4.69) is 170 Å². The van der Waals surface area contributed by atoms with Gasteiger partial charge in [-0.25, -0.2) is 0 Å². The first-order valence-corrected chi connectivity index (χ1v) is 20.9. The number of hydrogen-bond donors (Lipinski definition) is 0. The third kappa shape index (κ3) is 4.25. The zero-order valence-corrected chi connectivity index (χ0v) is 29.9. The highest BCUT2D eigenvalue weighted by atomic mass is 28.3. The molecule has 10 aromatic rings. The molecule has 0 aliphatic carbocycles. The quantitative estimate of drug-likeness (QED) is 0.173. The van der Waals surface area contributed by atoms with Crippen molar-refractivity contribution in [1.82, 2.24) is 0 Å². The molecule has 4 heteroatoms. The van der Waals surface area contributed by atoms with Crippen LogP contribution in [0.1, 0.15) is 0 Å². The number of anilines is 3. The molecule has 0 spiro atoms. The van der Waals surface area contributed by atoms with Crippen molar-refractivity contribution in [3.8, 4) is 22.3 Å². The largest absolute Gasteiger partial charge is 0.456 e. The van der Waals surface area contributed by atoms with Gasteiger partial charge in [0.25, 0.3) is 0 Å². The molecule has 52 heavy (non-hydrogen) atoms. The Morgan fingerprint density at radius 3 is 1.88 bits per heavy atom. The van der Waals surface area contributed by atoms with E-state index in [1.54, 1.807) is 0 Å². The van der Waals surface area contributed by atoms with E-state index in [-0.39, 0.29) is 0 Å². The van der Waals surface area contributed by atoms with Crippen molar-refractivity contribution in [3.05, 3.63) is 164 Å². The SMILES string of the molecule is C[Si]1(C)c2cc(N(c3ccc(-c4ccc5ccccc5c4)cc3)c3ccc4oc5ccccc5c4c3)ccc2-c2c1ccc1c2oc2ccccc21. The second-order valence-corrected chi connectivity index (χ2v) is 18.9. The first-order valence-electron chi connectivity index (χ1n) is 17.9. The number of hydrogen-bond acceptors (Lipinski definition) is 3. The molecule has 0 saturated carbocycles. The van der Waals surface area contributed by atoms with Crippen molar-refractivity contribution >= 4 is 90.2 Å². The van der Waals surface area contributed by atoms with Gasteiger partial charge in [0.05, 0.1) is 0 Å². The molecule has 3 nitrogen and oxygen atoms in total. The average molecular weight is 684 g/mol. The maximum absolute atomic E-state index is 6.60. The van der Waals surface area contributed by atoms with Gasteiger partial charge in [0.15, 0.2) is 0 Å². The van der Waals surface area contributed by atoms with E-state index in [4.69, 9.17) is 8.83 Å². The monoisotopic (exact) mass is 683 g/mol. The predicted molar refractivity (Wildman–Crippen MR) is 221 cm³/mol. The molecule has 0 fully saturated rings. The van der Waals surface area contributed by atoms with Crippen LogP contribution in [0.3, 0.4) is 0 Å². The number of fused-ring (bicyclic) bond motifs is 11. The molecule has 0 amide bonds. The first kappa shape index (κ1) is 29.4. The van der Waals surface area contributed by atoms with Crippen LogP contribution in [-0.2, 0) is 0 Å². The van der Waals surface area contributed by atoms with Gasteiger partial charge in [-0.3, -0.25) is 0 Å². The van der Waals surface area contributed by atoms with E-state index < -0.39 is 8.07 Å². The van der Waals surface area contributed by atoms with E-state index in [9.17, 15) is 0 Å². The van der Waals surface area contributed by atoms with Gasteiger partial charge in [0.1, 0.15) is 30.4 Å². The van der Waals surface area contributed by atoms with Crippen LogP contribution >= 0.6 is 0 Å². The Morgan fingerprint density at radius 2 is 1.06 bits per heavy atom. The van der Waals surface area contributed by atoms with Gasteiger partial charge in [-0.1, -0.05) is 116 Å².